The summed E-state index contributed by atoms with van der Waals surface area (Å²) in [5.41, 5.74) is 0.523. The third kappa shape index (κ3) is 4.23. The Balaban J connectivity index is 1.68. The number of piperidine rings is 1. The molecule has 0 spiro atoms. The third-order valence-electron chi connectivity index (χ3n) is 4.84. The third-order valence-corrected chi connectivity index (χ3v) is 7.73. The average molecular weight is 397 g/mol. The molecule has 2 amide bonds. The zero-order valence-corrected chi connectivity index (χ0v) is 16.7. The Bertz CT molecular complexity index is 822. The Morgan fingerprint density at radius 3 is 2.85 bits per heavy atom. The van der Waals surface area contributed by atoms with Crippen LogP contribution in [-0.2, 0) is 19.4 Å². The van der Waals surface area contributed by atoms with E-state index < -0.39 is 9.84 Å². The SMILES string of the molecule is C[C@@H]1CCCN(C(=O)CCS(=O)(=O)c2ccc3c(c2)NC(=O)[C@H](C)S3)C1. The number of carbonyl (C=O) groups excluding carboxylic acids is 2. The maximum Gasteiger partial charge on any atom is 0.237 e. The van der Waals surface area contributed by atoms with Crippen molar-refractivity contribution in [3.05, 3.63) is 18.2 Å². The second-order valence-electron chi connectivity index (χ2n) is 7.06. The molecule has 1 fully saturated rings. The Hall–Kier alpha value is -1.54. The van der Waals surface area contributed by atoms with E-state index in [-0.39, 0.29) is 34.1 Å². The van der Waals surface area contributed by atoms with Gasteiger partial charge in [0, 0.05) is 24.4 Å². The first-order valence-electron chi connectivity index (χ1n) is 8.88. The number of nitrogens with zero attached hydrogens (tertiary/aromatic N) is 1. The van der Waals surface area contributed by atoms with Crippen molar-refractivity contribution < 1.29 is 18.0 Å². The van der Waals surface area contributed by atoms with E-state index in [2.05, 4.69) is 12.2 Å². The number of fused-ring (bicyclic) bond motifs is 1. The van der Waals surface area contributed by atoms with Crippen LogP contribution in [0.3, 0.4) is 0 Å². The van der Waals surface area contributed by atoms with Gasteiger partial charge >= 0.3 is 0 Å². The molecule has 0 aromatic heterocycles. The molecule has 142 valence electrons. The van der Waals surface area contributed by atoms with Crippen molar-refractivity contribution in [1.82, 2.24) is 4.90 Å². The van der Waals surface area contributed by atoms with E-state index in [1.54, 1.807) is 24.0 Å². The zero-order valence-electron chi connectivity index (χ0n) is 15.0. The van der Waals surface area contributed by atoms with Crippen molar-refractivity contribution in [3.8, 4) is 0 Å². The van der Waals surface area contributed by atoms with Gasteiger partial charge in [0.15, 0.2) is 9.84 Å². The highest BCUT2D eigenvalue weighted by molar-refractivity contribution is 8.01. The van der Waals surface area contributed by atoms with Gasteiger partial charge < -0.3 is 10.2 Å². The lowest BCUT2D eigenvalue weighted by Gasteiger charge is -2.31. The summed E-state index contributed by atoms with van der Waals surface area (Å²) >= 11 is 1.41. The number of hydrogen-bond donors (Lipinski definition) is 1. The maximum atomic E-state index is 12.6. The van der Waals surface area contributed by atoms with Gasteiger partial charge in [-0.05, 0) is 43.9 Å². The van der Waals surface area contributed by atoms with Crippen LogP contribution in [-0.4, -0.2) is 49.2 Å². The molecule has 0 aliphatic carbocycles. The number of hydrogen-bond acceptors (Lipinski definition) is 5. The van der Waals surface area contributed by atoms with Gasteiger partial charge in [-0.15, -0.1) is 11.8 Å². The highest BCUT2D eigenvalue weighted by Crippen LogP contribution is 2.36. The standard InChI is InChI=1S/C18H24N2O4S2/c1-12-4-3-8-20(11-12)17(21)7-9-26(23,24)14-5-6-16-15(10-14)19-18(22)13(2)25-16/h5-6,10,12-13H,3-4,7-9,11H2,1-2H3,(H,19,22)/t12-,13+/m1/s1. The van der Waals surface area contributed by atoms with Crippen LogP contribution in [0.25, 0.3) is 0 Å². The molecule has 26 heavy (non-hydrogen) atoms. The zero-order chi connectivity index (χ0) is 18.9. The first kappa shape index (κ1) is 19.2. The molecule has 2 atom stereocenters. The van der Waals surface area contributed by atoms with Gasteiger partial charge in [-0.2, -0.15) is 0 Å². The number of benzene rings is 1. The summed E-state index contributed by atoms with van der Waals surface area (Å²) in [5.74, 6) is 0.0168. The molecule has 8 heteroatoms. The number of nitrogens with one attached hydrogen (secondary N) is 1. The number of likely N-dealkylation sites (tertiary alicyclic amines) is 1. The molecule has 1 saturated heterocycles. The molecule has 2 aliphatic heterocycles. The second kappa shape index (κ2) is 7.60. The van der Waals surface area contributed by atoms with Gasteiger partial charge in [0.05, 0.1) is 21.6 Å². The first-order chi connectivity index (χ1) is 12.3. The molecule has 2 aliphatic rings. The molecule has 1 N–H and O–H groups in total. The molecule has 1 aromatic carbocycles. The number of amides is 2. The lowest BCUT2D eigenvalue weighted by molar-refractivity contribution is -0.132. The Morgan fingerprint density at radius 2 is 2.12 bits per heavy atom. The summed E-state index contributed by atoms with van der Waals surface area (Å²) in [4.78, 5) is 26.9. The number of anilines is 1. The minimum absolute atomic E-state index is 0.00964. The predicted octanol–water partition coefficient (Wildman–Crippen LogP) is 2.54. The molecule has 1 aromatic rings. The summed E-state index contributed by atoms with van der Waals surface area (Å²) in [5, 5.41) is 2.54. The van der Waals surface area contributed by atoms with Crippen molar-refractivity contribution in [1.29, 1.82) is 0 Å². The van der Waals surface area contributed by atoms with Gasteiger partial charge in [0.2, 0.25) is 11.8 Å². The van der Waals surface area contributed by atoms with E-state index in [1.165, 1.54) is 17.8 Å². The molecule has 2 heterocycles. The molecule has 3 rings (SSSR count). The molecule has 6 nitrogen and oxygen atoms in total. The smallest absolute Gasteiger partial charge is 0.237 e. The van der Waals surface area contributed by atoms with E-state index >= 15 is 0 Å². The van der Waals surface area contributed by atoms with Crippen LogP contribution in [0.2, 0.25) is 0 Å². The lowest BCUT2D eigenvalue weighted by atomic mass is 10.0. The van der Waals surface area contributed by atoms with Gasteiger partial charge in [-0.3, -0.25) is 9.59 Å². The van der Waals surface area contributed by atoms with Gasteiger partial charge in [0.1, 0.15) is 0 Å². The highest BCUT2D eigenvalue weighted by Gasteiger charge is 2.26. The van der Waals surface area contributed by atoms with Gasteiger partial charge in [-0.25, -0.2) is 8.42 Å². The maximum absolute atomic E-state index is 12.6. The largest absolute Gasteiger partial charge is 0.342 e. The van der Waals surface area contributed by atoms with Crippen molar-refractivity contribution in [3.63, 3.8) is 0 Å². The second-order valence-corrected chi connectivity index (χ2v) is 10.6. The van der Waals surface area contributed by atoms with Crippen LogP contribution < -0.4 is 5.32 Å². The summed E-state index contributed by atoms with van der Waals surface area (Å²) in [7, 11) is -3.58. The predicted molar refractivity (Wildman–Crippen MR) is 102 cm³/mol. The molecule has 0 unspecified atom stereocenters. The Labute approximate surface area is 158 Å². The number of sulfone groups is 1. The molecular weight excluding hydrogens is 372 g/mol. The highest BCUT2D eigenvalue weighted by atomic mass is 32.2. The topological polar surface area (TPSA) is 83.6 Å². The van der Waals surface area contributed by atoms with Gasteiger partial charge in [-0.1, -0.05) is 6.92 Å². The minimum atomic E-state index is -3.58. The molecule has 0 bridgehead atoms. The van der Waals surface area contributed by atoms with Crippen molar-refractivity contribution in [2.24, 2.45) is 5.92 Å². The average Bonchev–Trinajstić information content (AvgIpc) is 2.60. The monoisotopic (exact) mass is 396 g/mol. The number of thioether (sulfide) groups is 1. The Kier molecular flexibility index (Phi) is 5.62. The summed E-state index contributed by atoms with van der Waals surface area (Å²) in [6.45, 7) is 5.33. The fourth-order valence-corrected chi connectivity index (χ4v) is 5.48. The van der Waals surface area contributed by atoms with E-state index in [4.69, 9.17) is 0 Å². The van der Waals surface area contributed by atoms with E-state index in [0.29, 0.717) is 24.7 Å². The summed E-state index contributed by atoms with van der Waals surface area (Å²) < 4.78 is 25.3. The van der Waals surface area contributed by atoms with Crippen LogP contribution in [0, 0.1) is 5.92 Å². The van der Waals surface area contributed by atoms with Crippen LogP contribution in [0.4, 0.5) is 5.69 Å². The summed E-state index contributed by atoms with van der Waals surface area (Å²) in [6.07, 6.45) is 2.07. The molecule has 0 radical (unpaired) electrons. The lowest BCUT2D eigenvalue weighted by Crippen LogP contribution is -2.39. The van der Waals surface area contributed by atoms with E-state index in [0.717, 1.165) is 17.7 Å². The van der Waals surface area contributed by atoms with Crippen molar-refractivity contribution in [2.45, 2.75) is 48.2 Å². The minimum Gasteiger partial charge on any atom is -0.342 e. The first-order valence-corrected chi connectivity index (χ1v) is 11.4. The fraction of sp³-hybridized carbons (Fsp3) is 0.556. The van der Waals surface area contributed by atoms with Crippen molar-refractivity contribution >= 4 is 39.1 Å². The quantitative estimate of drug-likeness (QED) is 0.846. The van der Waals surface area contributed by atoms with Gasteiger partial charge in [0.25, 0.3) is 0 Å². The van der Waals surface area contributed by atoms with Crippen LogP contribution in [0.15, 0.2) is 28.0 Å². The van der Waals surface area contributed by atoms with Crippen LogP contribution >= 0.6 is 11.8 Å². The summed E-state index contributed by atoms with van der Waals surface area (Å²) in [6, 6.07) is 4.77. The Morgan fingerprint density at radius 1 is 1.35 bits per heavy atom. The number of rotatable bonds is 4. The van der Waals surface area contributed by atoms with Crippen molar-refractivity contribution in [2.75, 3.05) is 24.2 Å². The van der Waals surface area contributed by atoms with Crippen LogP contribution in [0.1, 0.15) is 33.1 Å². The molecule has 0 saturated carbocycles. The fourth-order valence-electron chi connectivity index (χ4n) is 3.29. The number of carbonyl (C=O) groups is 2. The molecular formula is C18H24N2O4S2. The van der Waals surface area contributed by atoms with E-state index in [9.17, 15) is 18.0 Å². The normalized spacial score (nSPS) is 23.3. The van der Waals surface area contributed by atoms with E-state index in [1.807, 2.05) is 0 Å². The van der Waals surface area contributed by atoms with Crippen LogP contribution in [0.5, 0.6) is 0 Å².